The maximum Gasteiger partial charge on any atom is 0.304 e. The number of likely N-dealkylation sites (tertiary alicyclic amines) is 1. The Morgan fingerprint density at radius 2 is 2.10 bits per heavy atom. The lowest BCUT2D eigenvalue weighted by molar-refractivity contribution is -0.151. The molecule has 5 atom stereocenters. The molecule has 1 heterocycles. The number of halogens is 2. The Labute approximate surface area is 192 Å². The zero-order valence-electron chi connectivity index (χ0n) is 17.4. The van der Waals surface area contributed by atoms with Gasteiger partial charge in [0.2, 0.25) is 5.91 Å². The average Bonchev–Trinajstić information content (AvgIpc) is 2.71. The van der Waals surface area contributed by atoms with E-state index in [2.05, 4.69) is 13.5 Å². The van der Waals surface area contributed by atoms with Gasteiger partial charge in [-0.1, -0.05) is 54.4 Å². The summed E-state index contributed by atoms with van der Waals surface area (Å²) in [5, 5.41) is 20.8. The Morgan fingerprint density at radius 1 is 1.35 bits per heavy atom. The molecule has 0 spiro atoms. The first-order chi connectivity index (χ1) is 14.8. The minimum absolute atomic E-state index is 0.0830. The molecule has 1 aliphatic heterocycles. The van der Waals surface area contributed by atoms with Crippen molar-refractivity contribution in [1.82, 2.24) is 4.90 Å². The van der Waals surface area contributed by atoms with Crippen LogP contribution in [0.1, 0.15) is 37.7 Å². The van der Waals surface area contributed by atoms with E-state index in [0.29, 0.717) is 17.9 Å². The normalized spacial score (nSPS) is 27.4. The summed E-state index contributed by atoms with van der Waals surface area (Å²) >= 11 is 12.5. The first kappa shape index (κ1) is 23.6. The van der Waals surface area contributed by atoms with Crippen LogP contribution in [0, 0.1) is 11.8 Å². The first-order valence-electron chi connectivity index (χ1n) is 10.4. The summed E-state index contributed by atoms with van der Waals surface area (Å²) in [6.07, 6.45) is 6.11. The largest absolute Gasteiger partial charge is 0.481 e. The van der Waals surface area contributed by atoms with Crippen molar-refractivity contribution >= 4 is 35.1 Å². The SMILES string of the molecule is C=C[C@@H](CO)N1C(=O)C(CC(=O)O)C[C@H](c2cccc(Cl)c2)C1C1=CC=C(Cl)CC1C. The minimum atomic E-state index is -1.03. The standard InChI is InChI=1S/C24H27Cl2NO4/c1-3-19(13-28)27-23(20-8-7-18(26)9-14(20)2)21(15-5-4-6-17(25)10-15)11-16(24(27)31)12-22(29)30/h3-8,10,14,16,19,21,23,28H,1,9,11-13H2,2H3,(H,29,30)/t14?,16?,19-,21+,23?/m0/s1. The van der Waals surface area contributed by atoms with Crippen LogP contribution in [0.15, 0.2) is 59.7 Å². The summed E-state index contributed by atoms with van der Waals surface area (Å²) in [6, 6.07) is 6.45. The van der Waals surface area contributed by atoms with E-state index in [0.717, 1.165) is 16.2 Å². The predicted octanol–water partition coefficient (Wildman–Crippen LogP) is 4.75. The number of allylic oxidation sites excluding steroid dienone is 3. The molecule has 2 aliphatic rings. The molecule has 3 unspecified atom stereocenters. The fourth-order valence-electron chi connectivity index (χ4n) is 4.77. The molecular formula is C24H27Cl2NO4. The number of carbonyl (C=O) groups excluding carboxylic acids is 1. The Kier molecular flexibility index (Phi) is 7.63. The van der Waals surface area contributed by atoms with Gasteiger partial charge in [-0.25, -0.2) is 0 Å². The second kappa shape index (κ2) is 10.0. The molecule has 7 heteroatoms. The molecular weight excluding hydrogens is 437 g/mol. The highest BCUT2D eigenvalue weighted by molar-refractivity contribution is 6.30. The Bertz CT molecular complexity index is 926. The van der Waals surface area contributed by atoms with Gasteiger partial charge in [0.15, 0.2) is 0 Å². The van der Waals surface area contributed by atoms with E-state index in [-0.39, 0.29) is 36.8 Å². The number of aliphatic carboxylic acids is 1. The summed E-state index contributed by atoms with van der Waals surface area (Å²) < 4.78 is 0. The smallest absolute Gasteiger partial charge is 0.304 e. The number of hydrogen-bond donors (Lipinski definition) is 2. The van der Waals surface area contributed by atoms with Crippen molar-refractivity contribution in [2.75, 3.05) is 6.61 Å². The lowest BCUT2D eigenvalue weighted by Crippen LogP contribution is -2.58. The molecule has 2 N–H and O–H groups in total. The molecule has 166 valence electrons. The van der Waals surface area contributed by atoms with Crippen LogP contribution in [0.3, 0.4) is 0 Å². The molecule has 1 aromatic carbocycles. The molecule has 1 fully saturated rings. The van der Waals surface area contributed by atoms with Gasteiger partial charge in [0.1, 0.15) is 0 Å². The molecule has 1 amide bonds. The number of carboxylic acids is 1. The van der Waals surface area contributed by atoms with Crippen molar-refractivity contribution in [3.63, 3.8) is 0 Å². The van der Waals surface area contributed by atoms with Gasteiger partial charge in [0.05, 0.1) is 25.1 Å². The lowest BCUT2D eigenvalue weighted by Gasteiger charge is -2.49. The van der Waals surface area contributed by atoms with Crippen LogP contribution in [-0.4, -0.2) is 45.7 Å². The molecule has 0 saturated carbocycles. The summed E-state index contributed by atoms with van der Waals surface area (Å²) in [5.41, 5.74) is 1.96. The Hall–Kier alpha value is -2.08. The zero-order valence-corrected chi connectivity index (χ0v) is 18.9. The molecule has 3 rings (SSSR count). The molecule has 31 heavy (non-hydrogen) atoms. The van der Waals surface area contributed by atoms with Crippen LogP contribution in [0.2, 0.25) is 5.02 Å². The maximum atomic E-state index is 13.5. The van der Waals surface area contributed by atoms with Gasteiger partial charge in [-0.2, -0.15) is 0 Å². The van der Waals surface area contributed by atoms with Crippen LogP contribution >= 0.6 is 23.2 Å². The number of carboxylic acid groups (broad SMARTS) is 1. The number of piperidine rings is 1. The number of aliphatic hydroxyl groups excluding tert-OH is 1. The molecule has 1 saturated heterocycles. The number of amides is 1. The van der Waals surface area contributed by atoms with Gasteiger partial charge in [-0.05, 0) is 48.1 Å². The summed E-state index contributed by atoms with van der Waals surface area (Å²) in [6.45, 7) is 5.57. The van der Waals surface area contributed by atoms with Gasteiger partial charge >= 0.3 is 5.97 Å². The Balaban J connectivity index is 2.18. The van der Waals surface area contributed by atoms with E-state index in [4.69, 9.17) is 23.2 Å². The summed E-state index contributed by atoms with van der Waals surface area (Å²) in [5.74, 6) is -2.11. The van der Waals surface area contributed by atoms with Crippen molar-refractivity contribution in [2.45, 2.75) is 44.2 Å². The molecule has 0 radical (unpaired) electrons. The minimum Gasteiger partial charge on any atom is -0.481 e. The van der Waals surface area contributed by atoms with Crippen molar-refractivity contribution in [2.24, 2.45) is 11.8 Å². The first-order valence-corrected chi connectivity index (χ1v) is 11.1. The number of aliphatic hydroxyl groups is 1. The molecule has 1 aliphatic carbocycles. The summed E-state index contributed by atoms with van der Waals surface area (Å²) in [7, 11) is 0. The summed E-state index contributed by atoms with van der Waals surface area (Å²) in [4.78, 5) is 26.6. The molecule has 1 aromatic rings. The van der Waals surface area contributed by atoms with Crippen molar-refractivity contribution in [1.29, 1.82) is 0 Å². The number of rotatable bonds is 7. The number of hydrogen-bond acceptors (Lipinski definition) is 3. The highest BCUT2D eigenvalue weighted by Gasteiger charge is 2.47. The van der Waals surface area contributed by atoms with E-state index < -0.39 is 17.9 Å². The third kappa shape index (κ3) is 5.05. The van der Waals surface area contributed by atoms with Crippen LogP contribution in [0.4, 0.5) is 0 Å². The Morgan fingerprint density at radius 3 is 2.68 bits per heavy atom. The van der Waals surface area contributed by atoms with Gasteiger partial charge in [0.25, 0.3) is 0 Å². The molecule has 5 nitrogen and oxygen atoms in total. The highest BCUT2D eigenvalue weighted by atomic mass is 35.5. The van der Waals surface area contributed by atoms with Crippen molar-refractivity contribution in [3.05, 3.63) is 70.3 Å². The van der Waals surface area contributed by atoms with Gasteiger partial charge in [-0.15, -0.1) is 6.58 Å². The van der Waals surface area contributed by atoms with E-state index >= 15 is 0 Å². The van der Waals surface area contributed by atoms with Crippen molar-refractivity contribution in [3.8, 4) is 0 Å². The topological polar surface area (TPSA) is 77.8 Å². The number of carbonyl (C=O) groups is 2. The van der Waals surface area contributed by atoms with Crippen LogP contribution in [0.25, 0.3) is 0 Å². The van der Waals surface area contributed by atoms with E-state index in [1.54, 1.807) is 17.0 Å². The van der Waals surface area contributed by atoms with E-state index in [1.807, 2.05) is 30.4 Å². The van der Waals surface area contributed by atoms with Gasteiger partial charge in [-0.3, -0.25) is 9.59 Å². The third-order valence-corrected chi connectivity index (χ3v) is 6.72. The fraction of sp³-hybridized carbons (Fsp3) is 0.417. The molecule has 0 aromatic heterocycles. The van der Waals surface area contributed by atoms with Crippen LogP contribution < -0.4 is 0 Å². The quantitative estimate of drug-likeness (QED) is 0.571. The monoisotopic (exact) mass is 463 g/mol. The number of benzene rings is 1. The third-order valence-electron chi connectivity index (χ3n) is 6.21. The fourth-order valence-corrected chi connectivity index (χ4v) is 5.27. The highest BCUT2D eigenvalue weighted by Crippen LogP contribution is 2.45. The average molecular weight is 464 g/mol. The second-order valence-corrected chi connectivity index (χ2v) is 9.18. The zero-order chi connectivity index (χ0) is 22.7. The second-order valence-electron chi connectivity index (χ2n) is 8.25. The van der Waals surface area contributed by atoms with Gasteiger partial charge in [0, 0.05) is 21.9 Å². The van der Waals surface area contributed by atoms with E-state index in [1.165, 1.54) is 0 Å². The number of nitrogens with zero attached hydrogens (tertiary/aromatic N) is 1. The van der Waals surface area contributed by atoms with E-state index in [9.17, 15) is 19.8 Å². The van der Waals surface area contributed by atoms with Crippen LogP contribution in [0.5, 0.6) is 0 Å². The lowest BCUT2D eigenvalue weighted by atomic mass is 9.71. The van der Waals surface area contributed by atoms with Gasteiger partial charge < -0.3 is 15.1 Å². The maximum absolute atomic E-state index is 13.5. The molecule has 0 bridgehead atoms. The van der Waals surface area contributed by atoms with Crippen molar-refractivity contribution < 1.29 is 19.8 Å². The van der Waals surface area contributed by atoms with Crippen LogP contribution in [-0.2, 0) is 9.59 Å². The predicted molar refractivity (Wildman–Crippen MR) is 122 cm³/mol.